The zero-order valence-electron chi connectivity index (χ0n) is 9.25. The molecule has 0 atom stereocenters. The number of rotatable bonds is 4. The monoisotopic (exact) mass is 282 g/mol. The number of ether oxygens (including phenoxy) is 1. The lowest BCUT2D eigenvalue weighted by Gasteiger charge is -2.27. The molecule has 0 fully saturated rings. The molecular weight excluding hydrogens is 273 g/mol. The van der Waals surface area contributed by atoms with Gasteiger partial charge in [-0.3, -0.25) is 0 Å². The van der Waals surface area contributed by atoms with Crippen molar-refractivity contribution in [1.82, 2.24) is 0 Å². The lowest BCUT2D eigenvalue weighted by molar-refractivity contribution is -0.411. The van der Waals surface area contributed by atoms with E-state index in [-0.39, 0.29) is 6.42 Å². The molecule has 0 amide bonds. The van der Waals surface area contributed by atoms with Crippen molar-refractivity contribution in [1.29, 1.82) is 0 Å². The Balaban J connectivity index is 5.09. The molecule has 0 saturated carbocycles. The quantitative estimate of drug-likeness (QED) is 0.446. The van der Waals surface area contributed by atoms with Crippen LogP contribution < -0.4 is 0 Å². The Morgan fingerprint density at radius 3 is 1.89 bits per heavy atom. The van der Waals surface area contributed by atoms with Crippen molar-refractivity contribution < 1.29 is 40.3 Å². The molecule has 18 heavy (non-hydrogen) atoms. The first-order valence-electron chi connectivity index (χ1n) is 4.59. The number of hydrogen-bond acceptors (Lipinski definition) is 2. The molecule has 0 unspecified atom stereocenters. The van der Waals surface area contributed by atoms with Gasteiger partial charge in [0, 0.05) is 5.57 Å². The van der Waals surface area contributed by atoms with Gasteiger partial charge in [0.05, 0.1) is 0 Å². The van der Waals surface area contributed by atoms with Gasteiger partial charge in [0.15, 0.2) is 0 Å². The molecule has 0 aliphatic heterocycles. The van der Waals surface area contributed by atoms with Crippen molar-refractivity contribution in [2.45, 2.75) is 38.5 Å². The van der Waals surface area contributed by atoms with Crippen LogP contribution in [0.25, 0.3) is 0 Å². The summed E-state index contributed by atoms with van der Waals surface area (Å²) in [6, 6.07) is 0. The van der Waals surface area contributed by atoms with Crippen molar-refractivity contribution >= 4 is 5.97 Å². The van der Waals surface area contributed by atoms with Crippen LogP contribution in [0.1, 0.15) is 20.3 Å². The van der Waals surface area contributed by atoms with Crippen LogP contribution in [-0.2, 0) is 9.53 Å². The molecule has 0 heterocycles. The third-order valence-electron chi connectivity index (χ3n) is 1.77. The minimum absolute atomic E-state index is 0.197. The molecule has 0 aliphatic rings. The van der Waals surface area contributed by atoms with Crippen LogP contribution in [0.2, 0.25) is 0 Å². The normalized spacial score (nSPS) is 14.6. The minimum Gasteiger partial charge on any atom is -0.392 e. The summed E-state index contributed by atoms with van der Waals surface area (Å²) in [5.41, 5.74) is -0.491. The molecule has 0 bridgehead atoms. The molecule has 0 aliphatic carbocycles. The summed E-state index contributed by atoms with van der Waals surface area (Å²) in [6.45, 7) is 2.45. The molecule has 0 radical (unpaired) electrons. The van der Waals surface area contributed by atoms with Gasteiger partial charge < -0.3 is 4.74 Å². The van der Waals surface area contributed by atoms with Crippen LogP contribution in [-0.4, -0.2) is 24.2 Å². The van der Waals surface area contributed by atoms with E-state index < -0.39 is 29.7 Å². The van der Waals surface area contributed by atoms with Crippen molar-refractivity contribution in [3.63, 3.8) is 0 Å². The van der Waals surface area contributed by atoms with E-state index in [0.29, 0.717) is 0 Å². The number of carbonyl (C=O) groups excluding carboxylic acids is 1. The Hall–Kier alpha value is -1.28. The maximum absolute atomic E-state index is 12.6. The number of hydrogen-bond donors (Lipinski definition) is 0. The lowest BCUT2D eigenvalue weighted by Crippen LogP contribution is -2.54. The SMILES string of the molecule is CCC=C(C)C(=O)OC(F)(F)C(F)(F)C(F)(F)F. The predicted molar refractivity (Wildman–Crippen MR) is 46.1 cm³/mol. The zero-order chi connectivity index (χ0) is 14.8. The number of esters is 1. The minimum atomic E-state index is -6.53. The number of carbonyl (C=O) groups is 1. The highest BCUT2D eigenvalue weighted by atomic mass is 19.4. The molecule has 0 aromatic heterocycles. The van der Waals surface area contributed by atoms with Crippen LogP contribution in [0.3, 0.4) is 0 Å². The van der Waals surface area contributed by atoms with Gasteiger partial charge in [0.2, 0.25) is 0 Å². The van der Waals surface area contributed by atoms with Crippen LogP contribution >= 0.6 is 0 Å². The van der Waals surface area contributed by atoms with Crippen LogP contribution in [0, 0.1) is 0 Å². The van der Waals surface area contributed by atoms with E-state index in [9.17, 15) is 35.5 Å². The Morgan fingerprint density at radius 2 is 1.56 bits per heavy atom. The second-order valence-electron chi connectivity index (χ2n) is 3.27. The van der Waals surface area contributed by atoms with Gasteiger partial charge >= 0.3 is 24.2 Å². The molecule has 0 spiro atoms. The Kier molecular flexibility index (Phi) is 4.78. The molecule has 0 rings (SSSR count). The van der Waals surface area contributed by atoms with Crippen molar-refractivity contribution in [3.8, 4) is 0 Å². The summed E-state index contributed by atoms with van der Waals surface area (Å²) < 4.78 is 87.9. The lowest BCUT2D eigenvalue weighted by atomic mass is 10.2. The maximum atomic E-state index is 12.6. The standard InChI is InChI=1S/C9H9F7O2/c1-3-4-5(2)6(17)18-9(15,16)7(10,11)8(12,13)14/h4H,3H2,1-2H3. The largest absolute Gasteiger partial charge is 0.476 e. The molecule has 0 aromatic rings. The first-order chi connectivity index (χ1) is 7.87. The van der Waals surface area contributed by atoms with Gasteiger partial charge in [0.25, 0.3) is 0 Å². The van der Waals surface area contributed by atoms with E-state index in [1.807, 2.05) is 0 Å². The van der Waals surface area contributed by atoms with Gasteiger partial charge in [-0.25, -0.2) is 4.79 Å². The summed E-state index contributed by atoms with van der Waals surface area (Å²) in [6.07, 6.45) is -11.3. The fourth-order valence-electron chi connectivity index (χ4n) is 0.816. The average Bonchev–Trinajstić information content (AvgIpc) is 2.15. The molecule has 2 nitrogen and oxygen atoms in total. The van der Waals surface area contributed by atoms with Crippen LogP contribution in [0.15, 0.2) is 11.6 Å². The van der Waals surface area contributed by atoms with E-state index in [0.717, 1.165) is 13.0 Å². The van der Waals surface area contributed by atoms with Crippen LogP contribution in [0.5, 0.6) is 0 Å². The fourth-order valence-corrected chi connectivity index (χ4v) is 0.816. The summed E-state index contributed by atoms with van der Waals surface area (Å²) in [5, 5.41) is 0. The van der Waals surface area contributed by atoms with E-state index in [2.05, 4.69) is 4.74 Å². The summed E-state index contributed by atoms with van der Waals surface area (Å²) in [7, 11) is 0. The average molecular weight is 282 g/mol. The van der Waals surface area contributed by atoms with E-state index >= 15 is 0 Å². The smallest absolute Gasteiger partial charge is 0.392 e. The third-order valence-corrected chi connectivity index (χ3v) is 1.77. The van der Waals surface area contributed by atoms with Gasteiger partial charge in [-0.05, 0) is 13.3 Å². The summed E-state index contributed by atoms with van der Waals surface area (Å²) >= 11 is 0. The molecule has 106 valence electrons. The maximum Gasteiger partial charge on any atom is 0.476 e. The van der Waals surface area contributed by atoms with E-state index in [4.69, 9.17) is 0 Å². The third kappa shape index (κ3) is 3.36. The summed E-state index contributed by atoms with van der Waals surface area (Å²) in [5.74, 6) is -8.40. The molecule has 0 N–H and O–H groups in total. The van der Waals surface area contributed by atoms with Gasteiger partial charge in [-0.2, -0.15) is 30.7 Å². The predicted octanol–water partition coefficient (Wildman–Crippen LogP) is 3.68. The highest BCUT2D eigenvalue weighted by Crippen LogP contribution is 2.47. The van der Waals surface area contributed by atoms with Crippen molar-refractivity contribution in [3.05, 3.63) is 11.6 Å². The topological polar surface area (TPSA) is 26.3 Å². The van der Waals surface area contributed by atoms with E-state index in [1.54, 1.807) is 0 Å². The van der Waals surface area contributed by atoms with Crippen molar-refractivity contribution in [2.75, 3.05) is 0 Å². The Bertz CT molecular complexity index is 343. The fraction of sp³-hybridized carbons (Fsp3) is 0.667. The van der Waals surface area contributed by atoms with Gasteiger partial charge in [-0.15, -0.1) is 0 Å². The highest BCUT2D eigenvalue weighted by molar-refractivity contribution is 5.87. The second kappa shape index (κ2) is 5.15. The first-order valence-corrected chi connectivity index (χ1v) is 4.59. The van der Waals surface area contributed by atoms with E-state index in [1.165, 1.54) is 6.92 Å². The molecule has 9 heteroatoms. The highest BCUT2D eigenvalue weighted by Gasteiger charge is 2.76. The number of alkyl halides is 7. The first kappa shape index (κ1) is 16.7. The summed E-state index contributed by atoms with van der Waals surface area (Å²) in [4.78, 5) is 10.9. The molecular formula is C9H9F7O2. The zero-order valence-corrected chi connectivity index (χ0v) is 9.25. The number of halogens is 7. The molecule has 0 saturated heterocycles. The van der Waals surface area contributed by atoms with Gasteiger partial charge in [-0.1, -0.05) is 13.0 Å². The van der Waals surface area contributed by atoms with Gasteiger partial charge in [0.1, 0.15) is 0 Å². The van der Waals surface area contributed by atoms with Crippen molar-refractivity contribution in [2.24, 2.45) is 0 Å². The van der Waals surface area contributed by atoms with Crippen LogP contribution in [0.4, 0.5) is 30.7 Å². The Labute approximate surface area is 97.4 Å². The molecule has 0 aromatic carbocycles. The second-order valence-corrected chi connectivity index (χ2v) is 3.27. The number of allylic oxidation sites excluding steroid dienone is 1. The Morgan fingerprint density at radius 1 is 1.11 bits per heavy atom.